The van der Waals surface area contributed by atoms with Crippen molar-refractivity contribution >= 4 is 11.9 Å². The number of hydrogen-bond donors (Lipinski definition) is 1. The number of nitrogens with one attached hydrogen (secondary N) is 1. The SMILES string of the molecule is CN(C)C(=O)N1CCC(N2CCC[C@@H](C(=O)NCc3ccccn3)C2)CC1. The Morgan fingerprint density at radius 3 is 2.63 bits per heavy atom. The van der Waals surface area contributed by atoms with Crippen molar-refractivity contribution in [3.8, 4) is 0 Å². The number of aromatic nitrogens is 1. The van der Waals surface area contributed by atoms with Crippen molar-refractivity contribution in [1.82, 2.24) is 25.0 Å². The van der Waals surface area contributed by atoms with Gasteiger partial charge >= 0.3 is 6.03 Å². The zero-order valence-electron chi connectivity index (χ0n) is 16.4. The second-order valence-corrected chi connectivity index (χ2v) is 7.77. The quantitative estimate of drug-likeness (QED) is 0.870. The molecule has 2 fully saturated rings. The number of rotatable bonds is 4. The van der Waals surface area contributed by atoms with Crippen LogP contribution in [-0.4, -0.2) is 77.9 Å². The van der Waals surface area contributed by atoms with Crippen LogP contribution in [0, 0.1) is 5.92 Å². The van der Waals surface area contributed by atoms with Gasteiger partial charge in [0.2, 0.25) is 5.91 Å². The van der Waals surface area contributed by atoms with Gasteiger partial charge in [0, 0.05) is 46.0 Å². The van der Waals surface area contributed by atoms with E-state index < -0.39 is 0 Å². The van der Waals surface area contributed by atoms with E-state index in [0.717, 1.165) is 57.6 Å². The molecule has 2 saturated heterocycles. The second-order valence-electron chi connectivity index (χ2n) is 7.77. The fourth-order valence-corrected chi connectivity index (χ4v) is 4.08. The van der Waals surface area contributed by atoms with Crippen LogP contribution in [-0.2, 0) is 11.3 Å². The van der Waals surface area contributed by atoms with E-state index in [1.54, 1.807) is 25.2 Å². The van der Waals surface area contributed by atoms with Crippen molar-refractivity contribution in [2.45, 2.75) is 38.3 Å². The number of pyridine rings is 1. The van der Waals surface area contributed by atoms with Crippen molar-refractivity contribution in [3.63, 3.8) is 0 Å². The number of carbonyl (C=O) groups is 2. The standard InChI is InChI=1S/C20H31N5O2/c1-23(2)20(27)24-12-8-18(9-13-24)25-11-5-6-16(15-25)19(26)22-14-17-7-3-4-10-21-17/h3-4,7,10,16,18H,5-6,8-9,11-15H2,1-2H3,(H,22,26)/t16-/m1/s1. The Hall–Kier alpha value is -2.15. The highest BCUT2D eigenvalue weighted by molar-refractivity contribution is 5.79. The summed E-state index contributed by atoms with van der Waals surface area (Å²) in [5, 5.41) is 3.04. The summed E-state index contributed by atoms with van der Waals surface area (Å²) in [6, 6.07) is 6.31. The molecule has 148 valence electrons. The van der Waals surface area contributed by atoms with E-state index in [9.17, 15) is 9.59 Å². The van der Waals surface area contributed by atoms with Gasteiger partial charge in [-0.2, -0.15) is 0 Å². The molecule has 0 spiro atoms. The molecule has 27 heavy (non-hydrogen) atoms. The van der Waals surface area contributed by atoms with E-state index in [-0.39, 0.29) is 17.9 Å². The third-order valence-corrected chi connectivity index (χ3v) is 5.63. The lowest BCUT2D eigenvalue weighted by molar-refractivity contribution is -0.127. The van der Waals surface area contributed by atoms with Gasteiger partial charge in [0.25, 0.3) is 0 Å². The average molecular weight is 374 g/mol. The molecule has 3 rings (SSSR count). The fourth-order valence-electron chi connectivity index (χ4n) is 4.08. The van der Waals surface area contributed by atoms with Gasteiger partial charge in [-0.1, -0.05) is 6.07 Å². The van der Waals surface area contributed by atoms with E-state index in [1.807, 2.05) is 23.1 Å². The van der Waals surface area contributed by atoms with Gasteiger partial charge in [-0.05, 0) is 44.4 Å². The highest BCUT2D eigenvalue weighted by Crippen LogP contribution is 2.24. The number of nitrogens with zero attached hydrogens (tertiary/aromatic N) is 4. The van der Waals surface area contributed by atoms with E-state index in [4.69, 9.17) is 0 Å². The molecule has 3 amide bonds. The molecule has 0 saturated carbocycles. The number of urea groups is 1. The summed E-state index contributed by atoms with van der Waals surface area (Å²) in [5.41, 5.74) is 0.886. The minimum Gasteiger partial charge on any atom is -0.350 e. The molecule has 7 nitrogen and oxygen atoms in total. The number of piperidine rings is 2. The first-order valence-electron chi connectivity index (χ1n) is 9.92. The minimum absolute atomic E-state index is 0.0453. The predicted octanol–water partition coefficient (Wildman–Crippen LogP) is 1.56. The molecule has 0 aromatic carbocycles. The van der Waals surface area contributed by atoms with Gasteiger partial charge in [-0.15, -0.1) is 0 Å². The molecule has 3 heterocycles. The third kappa shape index (κ3) is 5.19. The summed E-state index contributed by atoms with van der Waals surface area (Å²) in [4.78, 5) is 35.0. The van der Waals surface area contributed by atoms with Crippen LogP contribution in [0.4, 0.5) is 4.79 Å². The van der Waals surface area contributed by atoms with Gasteiger partial charge in [0.1, 0.15) is 0 Å². The Morgan fingerprint density at radius 1 is 1.19 bits per heavy atom. The Labute approximate surface area is 161 Å². The summed E-state index contributed by atoms with van der Waals surface area (Å²) >= 11 is 0. The smallest absolute Gasteiger partial charge is 0.319 e. The highest BCUT2D eigenvalue weighted by atomic mass is 16.2. The molecule has 1 aromatic heterocycles. The maximum Gasteiger partial charge on any atom is 0.319 e. The van der Waals surface area contributed by atoms with Gasteiger partial charge in [-0.25, -0.2) is 4.79 Å². The van der Waals surface area contributed by atoms with Crippen molar-refractivity contribution in [2.75, 3.05) is 40.3 Å². The average Bonchev–Trinajstić information content (AvgIpc) is 2.72. The summed E-state index contributed by atoms with van der Waals surface area (Å²) in [6.45, 7) is 3.96. The van der Waals surface area contributed by atoms with Gasteiger partial charge in [0.05, 0.1) is 18.2 Å². The van der Waals surface area contributed by atoms with Crippen molar-refractivity contribution in [3.05, 3.63) is 30.1 Å². The Kier molecular flexibility index (Phi) is 6.66. The monoisotopic (exact) mass is 373 g/mol. The fraction of sp³-hybridized carbons (Fsp3) is 0.650. The topological polar surface area (TPSA) is 68.8 Å². The zero-order valence-corrected chi connectivity index (χ0v) is 16.4. The molecule has 0 bridgehead atoms. The lowest BCUT2D eigenvalue weighted by atomic mass is 9.93. The molecular weight excluding hydrogens is 342 g/mol. The van der Waals surface area contributed by atoms with E-state index in [1.165, 1.54) is 0 Å². The first-order valence-corrected chi connectivity index (χ1v) is 9.92. The van der Waals surface area contributed by atoms with E-state index >= 15 is 0 Å². The molecule has 2 aliphatic heterocycles. The molecule has 0 unspecified atom stereocenters. The van der Waals surface area contributed by atoms with Crippen molar-refractivity contribution in [1.29, 1.82) is 0 Å². The highest BCUT2D eigenvalue weighted by Gasteiger charge is 2.32. The molecule has 2 aliphatic rings. The Morgan fingerprint density at radius 2 is 1.96 bits per heavy atom. The van der Waals surface area contributed by atoms with Crippen LogP contribution in [0.15, 0.2) is 24.4 Å². The molecule has 0 radical (unpaired) electrons. The largest absolute Gasteiger partial charge is 0.350 e. The van der Waals surface area contributed by atoms with Crippen LogP contribution < -0.4 is 5.32 Å². The van der Waals surface area contributed by atoms with Crippen LogP contribution >= 0.6 is 0 Å². The maximum atomic E-state index is 12.6. The summed E-state index contributed by atoms with van der Waals surface area (Å²) in [7, 11) is 3.60. The second kappa shape index (κ2) is 9.17. The zero-order chi connectivity index (χ0) is 19.2. The predicted molar refractivity (Wildman–Crippen MR) is 104 cm³/mol. The third-order valence-electron chi connectivity index (χ3n) is 5.63. The molecule has 1 N–H and O–H groups in total. The minimum atomic E-state index is 0.0453. The molecular formula is C20H31N5O2. The normalized spacial score (nSPS) is 21.7. The van der Waals surface area contributed by atoms with Gasteiger partial charge < -0.3 is 15.1 Å². The van der Waals surface area contributed by atoms with Crippen LogP contribution in [0.25, 0.3) is 0 Å². The Bertz CT molecular complexity index is 629. The Balaban J connectivity index is 1.46. The first-order chi connectivity index (χ1) is 13.0. The molecule has 1 atom stereocenters. The van der Waals surface area contributed by atoms with Gasteiger partial charge in [0.15, 0.2) is 0 Å². The van der Waals surface area contributed by atoms with Crippen LogP contribution in [0.1, 0.15) is 31.4 Å². The van der Waals surface area contributed by atoms with Crippen LogP contribution in [0.2, 0.25) is 0 Å². The van der Waals surface area contributed by atoms with Crippen molar-refractivity contribution in [2.24, 2.45) is 5.92 Å². The van der Waals surface area contributed by atoms with E-state index in [0.29, 0.717) is 12.6 Å². The number of hydrogen-bond acceptors (Lipinski definition) is 4. The van der Waals surface area contributed by atoms with E-state index in [2.05, 4.69) is 15.2 Å². The summed E-state index contributed by atoms with van der Waals surface area (Å²) < 4.78 is 0. The molecule has 0 aliphatic carbocycles. The summed E-state index contributed by atoms with van der Waals surface area (Å²) in [6.07, 6.45) is 5.72. The summed E-state index contributed by atoms with van der Waals surface area (Å²) in [5.74, 6) is 0.175. The first kappa shape index (κ1) is 19.6. The molecule has 7 heteroatoms. The maximum absolute atomic E-state index is 12.6. The number of likely N-dealkylation sites (tertiary alicyclic amines) is 2. The van der Waals surface area contributed by atoms with Gasteiger partial charge in [-0.3, -0.25) is 14.7 Å². The van der Waals surface area contributed by atoms with Crippen LogP contribution in [0.3, 0.4) is 0 Å². The van der Waals surface area contributed by atoms with Crippen molar-refractivity contribution < 1.29 is 9.59 Å². The lowest BCUT2D eigenvalue weighted by Crippen LogP contribution is -2.52. The molecule has 1 aromatic rings. The number of amides is 3. The van der Waals surface area contributed by atoms with Crippen LogP contribution in [0.5, 0.6) is 0 Å². The number of carbonyl (C=O) groups excluding carboxylic acids is 2. The lowest BCUT2D eigenvalue weighted by Gasteiger charge is -2.42.